The first-order chi connectivity index (χ1) is 16.1. The largest absolute Gasteiger partial charge is 0.484 e. The van der Waals surface area contributed by atoms with Crippen LogP contribution in [0.5, 0.6) is 5.75 Å². The van der Waals surface area contributed by atoms with Gasteiger partial charge >= 0.3 is 6.18 Å². The molecule has 0 saturated carbocycles. The number of sulfonamides is 1. The van der Waals surface area contributed by atoms with Crippen LogP contribution in [0.1, 0.15) is 11.1 Å². The summed E-state index contributed by atoms with van der Waals surface area (Å²) in [5.74, 6) is -0.469. The average Bonchev–Trinajstić information content (AvgIpc) is 3.24. The molecule has 6 nitrogen and oxygen atoms in total. The maximum atomic E-state index is 13.0. The van der Waals surface area contributed by atoms with Crippen molar-refractivity contribution < 1.29 is 31.1 Å². The minimum atomic E-state index is -4.66. The van der Waals surface area contributed by atoms with Gasteiger partial charge in [0.25, 0.3) is 15.9 Å². The van der Waals surface area contributed by atoms with Crippen LogP contribution in [0, 0.1) is 0 Å². The van der Waals surface area contributed by atoms with E-state index in [0.717, 1.165) is 17.7 Å². The van der Waals surface area contributed by atoms with Gasteiger partial charge < -0.3 is 10.1 Å². The molecule has 0 aromatic heterocycles. The Labute approximate surface area is 199 Å². The summed E-state index contributed by atoms with van der Waals surface area (Å²) in [6.45, 7) is -0.142. The van der Waals surface area contributed by atoms with Crippen LogP contribution in [0.3, 0.4) is 0 Å². The van der Waals surface area contributed by atoms with Crippen molar-refractivity contribution in [3.63, 3.8) is 0 Å². The minimum Gasteiger partial charge on any atom is -0.484 e. The molecule has 0 aliphatic carbocycles. The topological polar surface area (TPSA) is 75.7 Å². The van der Waals surface area contributed by atoms with Crippen molar-refractivity contribution in [3.05, 3.63) is 82.9 Å². The SMILES string of the molecule is O=C(COc1ccc(S(=O)(=O)N2CCc3ccccc32)cc1)Nc1ccc(Cl)c(C(F)(F)F)c1. The predicted molar refractivity (Wildman–Crippen MR) is 122 cm³/mol. The Morgan fingerprint density at radius 2 is 1.76 bits per heavy atom. The van der Waals surface area contributed by atoms with E-state index in [1.54, 1.807) is 12.1 Å². The smallest absolute Gasteiger partial charge is 0.417 e. The maximum Gasteiger partial charge on any atom is 0.417 e. The third-order valence-corrected chi connectivity index (χ3v) is 7.34. The van der Waals surface area contributed by atoms with Gasteiger partial charge in [-0.3, -0.25) is 9.10 Å². The molecule has 178 valence electrons. The fourth-order valence-electron chi connectivity index (χ4n) is 3.56. The fraction of sp³-hybridized carbons (Fsp3) is 0.174. The van der Waals surface area contributed by atoms with Gasteiger partial charge in [0.05, 0.1) is 21.2 Å². The molecular weight excluding hydrogens is 493 g/mol. The molecule has 1 amide bonds. The van der Waals surface area contributed by atoms with Crippen molar-refractivity contribution in [2.24, 2.45) is 0 Å². The van der Waals surface area contributed by atoms with E-state index >= 15 is 0 Å². The monoisotopic (exact) mass is 510 g/mol. The van der Waals surface area contributed by atoms with E-state index in [0.29, 0.717) is 18.7 Å². The number of anilines is 2. The lowest BCUT2D eigenvalue weighted by Gasteiger charge is -2.19. The highest BCUT2D eigenvalue weighted by molar-refractivity contribution is 7.92. The van der Waals surface area contributed by atoms with Crippen molar-refractivity contribution in [3.8, 4) is 5.75 Å². The van der Waals surface area contributed by atoms with Crippen LogP contribution < -0.4 is 14.4 Å². The normalized spacial score (nSPS) is 13.5. The van der Waals surface area contributed by atoms with Crippen molar-refractivity contribution in [1.29, 1.82) is 0 Å². The first-order valence-corrected chi connectivity index (χ1v) is 11.9. The summed E-state index contributed by atoms with van der Waals surface area (Å²) in [5.41, 5.74) is 0.457. The van der Waals surface area contributed by atoms with E-state index < -0.39 is 39.3 Å². The molecule has 0 fully saturated rings. The predicted octanol–water partition coefficient (Wildman–Crippen LogP) is 5.13. The summed E-state index contributed by atoms with van der Waals surface area (Å²) in [6, 6.07) is 15.9. The number of alkyl halides is 3. The summed E-state index contributed by atoms with van der Waals surface area (Å²) >= 11 is 5.57. The third-order valence-electron chi connectivity index (χ3n) is 5.18. The molecule has 1 N–H and O–H groups in total. The number of carbonyl (C=O) groups excluding carboxylic acids is 1. The highest BCUT2D eigenvalue weighted by atomic mass is 35.5. The number of fused-ring (bicyclic) bond motifs is 1. The van der Waals surface area contributed by atoms with Gasteiger partial charge in [0.15, 0.2) is 6.61 Å². The first-order valence-electron chi connectivity index (χ1n) is 10.1. The molecular formula is C23H18ClF3N2O4S. The zero-order valence-electron chi connectivity index (χ0n) is 17.5. The standard InChI is InChI=1S/C23H18ClF3N2O4S/c24-20-10-5-16(13-19(20)23(25,26)27)28-22(30)14-33-17-6-8-18(9-7-17)34(31,32)29-12-11-15-3-1-2-4-21(15)29/h1-10,13H,11-12,14H2,(H,28,30). The lowest BCUT2D eigenvalue weighted by atomic mass is 10.2. The van der Waals surface area contributed by atoms with Gasteiger partial charge in [-0.1, -0.05) is 29.8 Å². The molecule has 1 aliphatic heterocycles. The van der Waals surface area contributed by atoms with Crippen LogP contribution in [0.2, 0.25) is 5.02 Å². The number of carbonyl (C=O) groups is 1. The Balaban J connectivity index is 1.39. The number of nitrogens with zero attached hydrogens (tertiary/aromatic N) is 1. The second-order valence-corrected chi connectivity index (χ2v) is 9.73. The van der Waals surface area contributed by atoms with E-state index in [-0.39, 0.29) is 16.3 Å². The van der Waals surface area contributed by atoms with Crippen molar-refractivity contribution in [2.45, 2.75) is 17.5 Å². The summed E-state index contributed by atoms with van der Waals surface area (Å²) in [4.78, 5) is 12.2. The van der Waals surface area contributed by atoms with Gasteiger partial charge in [-0.05, 0) is 60.5 Å². The Bertz CT molecular complexity index is 1330. The molecule has 0 bridgehead atoms. The summed E-state index contributed by atoms with van der Waals surface area (Å²) < 4.78 is 71.6. The Morgan fingerprint density at radius 3 is 2.47 bits per heavy atom. The Hall–Kier alpha value is -3.24. The molecule has 4 rings (SSSR count). The highest BCUT2D eigenvalue weighted by Crippen LogP contribution is 2.36. The molecule has 11 heteroatoms. The summed E-state index contributed by atoms with van der Waals surface area (Å²) in [7, 11) is -3.76. The molecule has 0 unspecified atom stereocenters. The molecule has 0 atom stereocenters. The number of halogens is 4. The van der Waals surface area contributed by atoms with Crippen LogP contribution in [-0.4, -0.2) is 27.5 Å². The van der Waals surface area contributed by atoms with Crippen molar-refractivity contribution in [1.82, 2.24) is 0 Å². The fourth-order valence-corrected chi connectivity index (χ4v) is 5.29. The van der Waals surface area contributed by atoms with Crippen LogP contribution in [0.15, 0.2) is 71.6 Å². The van der Waals surface area contributed by atoms with Gasteiger partial charge in [-0.2, -0.15) is 13.2 Å². The minimum absolute atomic E-state index is 0.0712. The number of para-hydroxylation sites is 1. The number of amides is 1. The van der Waals surface area contributed by atoms with Gasteiger partial charge in [-0.25, -0.2) is 8.42 Å². The average molecular weight is 511 g/mol. The molecule has 34 heavy (non-hydrogen) atoms. The van der Waals surface area contributed by atoms with E-state index in [9.17, 15) is 26.4 Å². The molecule has 1 heterocycles. The van der Waals surface area contributed by atoms with E-state index in [1.165, 1.54) is 34.6 Å². The zero-order chi connectivity index (χ0) is 24.5. The number of ether oxygens (including phenoxy) is 1. The second-order valence-electron chi connectivity index (χ2n) is 7.46. The lowest BCUT2D eigenvalue weighted by Crippen LogP contribution is -2.29. The molecule has 0 saturated heterocycles. The number of benzene rings is 3. The van der Waals surface area contributed by atoms with Gasteiger partial charge in [0.2, 0.25) is 0 Å². The molecule has 3 aromatic rings. The van der Waals surface area contributed by atoms with Crippen molar-refractivity contribution in [2.75, 3.05) is 22.8 Å². The summed E-state index contributed by atoms with van der Waals surface area (Å²) in [6.07, 6.45) is -4.03. The number of rotatable bonds is 6. The highest BCUT2D eigenvalue weighted by Gasteiger charge is 2.33. The van der Waals surface area contributed by atoms with E-state index in [1.807, 2.05) is 12.1 Å². The van der Waals surface area contributed by atoms with Crippen LogP contribution in [-0.2, 0) is 27.4 Å². The molecule has 0 radical (unpaired) electrons. The zero-order valence-corrected chi connectivity index (χ0v) is 19.0. The quantitative estimate of drug-likeness (QED) is 0.499. The Morgan fingerprint density at radius 1 is 1.06 bits per heavy atom. The van der Waals surface area contributed by atoms with Gasteiger partial charge in [-0.15, -0.1) is 0 Å². The summed E-state index contributed by atoms with van der Waals surface area (Å²) in [5, 5.41) is 1.83. The second kappa shape index (κ2) is 9.19. The third kappa shape index (κ3) is 4.97. The molecule has 0 spiro atoms. The van der Waals surface area contributed by atoms with Gasteiger partial charge in [0.1, 0.15) is 5.75 Å². The van der Waals surface area contributed by atoms with E-state index in [2.05, 4.69) is 5.32 Å². The van der Waals surface area contributed by atoms with Crippen molar-refractivity contribution >= 4 is 38.9 Å². The number of hydrogen-bond acceptors (Lipinski definition) is 4. The van der Waals surface area contributed by atoms with Gasteiger partial charge in [0, 0.05) is 12.2 Å². The molecule has 1 aliphatic rings. The van der Waals surface area contributed by atoms with Crippen LogP contribution in [0.4, 0.5) is 24.5 Å². The number of hydrogen-bond donors (Lipinski definition) is 1. The van der Waals surface area contributed by atoms with E-state index in [4.69, 9.17) is 16.3 Å². The lowest BCUT2D eigenvalue weighted by molar-refractivity contribution is -0.137. The maximum absolute atomic E-state index is 13.0. The first kappa shape index (κ1) is 23.9. The number of nitrogens with one attached hydrogen (secondary N) is 1. The molecule has 3 aromatic carbocycles. The Kier molecular flexibility index (Phi) is 6.46. The van der Waals surface area contributed by atoms with Crippen LogP contribution in [0.25, 0.3) is 0 Å². The van der Waals surface area contributed by atoms with Crippen LogP contribution >= 0.6 is 11.6 Å².